The first-order valence-corrected chi connectivity index (χ1v) is 24.6. The lowest BCUT2D eigenvalue weighted by atomic mass is 9.55. The fourth-order valence-corrected chi connectivity index (χ4v) is 11.2. The number of benzene rings is 8. The lowest BCUT2D eigenvalue weighted by Gasteiger charge is -2.29. The van der Waals surface area contributed by atoms with E-state index in [9.17, 15) is 0 Å². The van der Waals surface area contributed by atoms with Crippen LogP contribution < -0.4 is 153 Å². The number of nitrogens with zero attached hydrogens (tertiary/aromatic N) is 2. The Kier molecular flexibility index (Phi) is 15.0. The number of hydrogen-bond donors (Lipinski definition) is 0. The highest BCUT2D eigenvalue weighted by Gasteiger charge is 2.30. The summed E-state index contributed by atoms with van der Waals surface area (Å²) in [7, 11) is 186. The predicted molar refractivity (Wildman–Crippen MR) is 380 cm³/mol. The van der Waals surface area contributed by atoms with E-state index in [2.05, 4.69) is 9.97 Å². The van der Waals surface area contributed by atoms with E-state index in [1.54, 1.807) is 18.2 Å². The molecule has 0 fully saturated rings. The quantitative estimate of drug-likeness (QED) is 0.156. The number of rotatable bonds is 6. The van der Waals surface area contributed by atoms with Gasteiger partial charge in [0.15, 0.2) is 5.58 Å². The van der Waals surface area contributed by atoms with Crippen molar-refractivity contribution in [1.82, 2.24) is 9.97 Å². The van der Waals surface area contributed by atoms with Crippen molar-refractivity contribution >= 4 is 417 Å². The molecule has 0 unspecified atom stereocenters. The molecule has 56 radical (unpaired) electrons. The van der Waals surface area contributed by atoms with Crippen LogP contribution in [-0.2, 0) is 0 Å². The summed E-state index contributed by atoms with van der Waals surface area (Å²) in [4.78, 5) is 9.19. The number of aromatic nitrogens is 2. The van der Waals surface area contributed by atoms with Gasteiger partial charge < -0.3 is 8.83 Å². The fraction of sp³-hybridized carbons (Fsp3) is 0. The number of hydrogen-bond acceptors (Lipinski definition) is 4. The summed E-state index contributed by atoms with van der Waals surface area (Å²) < 4.78 is 13.1. The van der Waals surface area contributed by atoms with E-state index in [0.717, 1.165) is 0 Å². The predicted octanol–water partition coefficient (Wildman–Crippen LogP) is -19.5. The average Bonchev–Trinajstić information content (AvgIpc) is 1.52. The summed E-state index contributed by atoms with van der Waals surface area (Å²) in [5.74, 6) is 0. The molecule has 0 aliphatic rings. The highest BCUT2D eigenvalue weighted by molar-refractivity contribution is 6.75. The van der Waals surface area contributed by atoms with Gasteiger partial charge in [0.2, 0.25) is 0 Å². The van der Waals surface area contributed by atoms with Crippen molar-refractivity contribution in [1.29, 1.82) is 0 Å². The molecule has 0 amide bonds. The van der Waals surface area contributed by atoms with Crippen LogP contribution in [0.4, 0.5) is 0 Å². The van der Waals surface area contributed by atoms with Crippen molar-refractivity contribution < 1.29 is 8.83 Å². The lowest BCUT2D eigenvalue weighted by molar-refractivity contribution is 0.667. The molecule has 84 heavy (non-hydrogen) atoms. The summed E-state index contributed by atoms with van der Waals surface area (Å²) >= 11 is 0. The van der Waals surface area contributed by atoms with Gasteiger partial charge >= 0.3 is 0 Å². The van der Waals surface area contributed by atoms with Crippen molar-refractivity contribution in [2.45, 2.75) is 0 Å². The Balaban J connectivity index is 1.11. The first kappa shape index (κ1) is 60.0. The molecule has 0 atom stereocenters. The zero-order valence-electron chi connectivity index (χ0n) is 44.2. The van der Waals surface area contributed by atoms with Gasteiger partial charge in [-0.25, -0.2) is 9.97 Å². The van der Waals surface area contributed by atoms with Crippen LogP contribution in [0.2, 0.25) is 0 Å². The van der Waals surface area contributed by atoms with Crippen molar-refractivity contribution in [2.75, 3.05) is 0 Å². The summed E-state index contributed by atoms with van der Waals surface area (Å²) in [5, 5.41) is 0.547. The van der Waals surface area contributed by atoms with E-state index in [0.29, 0.717) is 16.5 Å². The monoisotopic (exact) mass is 996 g/mol. The third-order valence-electron chi connectivity index (χ3n) is 15.7. The molecular formula is C52H4B28N2O2. The highest BCUT2D eigenvalue weighted by Crippen LogP contribution is 2.36. The van der Waals surface area contributed by atoms with E-state index >= 15 is 0 Å². The Labute approximate surface area is 523 Å². The molecule has 11 aromatic rings. The molecular weight excluding hydrogens is 987 g/mol. The normalized spacial score (nSPS) is 11.7. The Bertz CT molecular complexity index is 4780. The molecule has 3 heterocycles. The van der Waals surface area contributed by atoms with Crippen LogP contribution in [0.1, 0.15) is 0 Å². The first-order chi connectivity index (χ1) is 39.4. The third kappa shape index (κ3) is 8.22. The second-order valence-electron chi connectivity index (χ2n) is 20.1. The van der Waals surface area contributed by atoms with Gasteiger partial charge in [-0.1, -0.05) is 115 Å². The molecule has 0 saturated heterocycles. The zero-order chi connectivity index (χ0) is 61.4. The molecule has 318 valence electrons. The van der Waals surface area contributed by atoms with Gasteiger partial charge in [-0.05, 0) is 67.8 Å². The van der Waals surface area contributed by atoms with E-state index in [1.807, 2.05) is 0 Å². The van der Waals surface area contributed by atoms with Gasteiger partial charge in [0.05, 0.1) is 0 Å². The van der Waals surface area contributed by atoms with Crippen LogP contribution in [0.25, 0.3) is 111 Å². The van der Waals surface area contributed by atoms with Gasteiger partial charge in [0.25, 0.3) is 0 Å². The third-order valence-corrected chi connectivity index (χ3v) is 15.7. The van der Waals surface area contributed by atoms with Crippen molar-refractivity contribution in [3.05, 3.63) is 24.5 Å². The smallest absolute Gasteiger partial charge is 0.180 e. The molecule has 8 aromatic carbocycles. The standard InChI is InChI=1S/C52H4B28N2O2/c53-20-9(10-26(59)28(61)12(29(62)27(10)60)14-32(65)43(76)46(79)44(77)33(14)66)35(68)47(80)51-17(20)18-37(70)40(73)36(69)16(50(18)84-51)15-21(54)19(38(71)39(72)34(15)67)49-52-48(81-4-82-49)6-3-5(1-2-7(6)83-52)8-22(55)24(57)11(25(58)23(8)56)13-30(63)41(74)45(78)42(75)31(13)64/h1-4H. The van der Waals surface area contributed by atoms with Gasteiger partial charge in [-0.15, -0.1) is 43.7 Å². The Hall–Kier alpha value is -5.74. The topological polar surface area (TPSA) is 52.1 Å². The van der Waals surface area contributed by atoms with Gasteiger partial charge in [-0.3, -0.25) is 0 Å². The second kappa shape index (κ2) is 21.0. The molecule has 11 rings (SSSR count). The van der Waals surface area contributed by atoms with Gasteiger partial charge in [-0.2, -0.15) is 0 Å². The fourth-order valence-electron chi connectivity index (χ4n) is 11.2. The maximum absolute atomic E-state index is 7.22. The maximum atomic E-state index is 7.22. The molecule has 0 bridgehead atoms. The zero-order valence-corrected chi connectivity index (χ0v) is 44.2. The SMILES string of the molecule is [B]c1c([B])c([B])c(-c2c([B])c([B])c(-c3ccc4oc5c(-c6c([B])c([B])c([B])c(-c7c([B])c([B])c([B])c8c7oc7c([B])c([B])c(-c9c([B])c([B])c(-c%10c([B])c([B])c([B])c([B])c%10[B])c([B])c9[B])c([B])c78)c6[B])ncnc5c4c3)c([B])c2[B])c([B])c1[B]. The highest BCUT2D eigenvalue weighted by atomic mass is 16.3. The van der Waals surface area contributed by atoms with E-state index in [-0.39, 0.29) is 247 Å². The summed E-state index contributed by atoms with van der Waals surface area (Å²) in [6.45, 7) is 0. The largest absolute Gasteiger partial charge is 0.456 e. The molecule has 3 aromatic heterocycles. The molecule has 0 saturated carbocycles. The minimum Gasteiger partial charge on any atom is -0.456 e. The first-order valence-electron chi connectivity index (χ1n) is 24.6. The van der Waals surface area contributed by atoms with E-state index in [4.69, 9.17) is 229 Å². The minimum absolute atomic E-state index is 0.00643. The molecule has 4 nitrogen and oxygen atoms in total. The second-order valence-corrected chi connectivity index (χ2v) is 20.1. The van der Waals surface area contributed by atoms with E-state index < -0.39 is 0 Å². The molecule has 0 N–H and O–H groups in total. The molecule has 0 spiro atoms. The molecule has 0 aliphatic heterocycles. The van der Waals surface area contributed by atoms with Gasteiger partial charge in [0, 0.05) is 21.7 Å². The summed E-state index contributed by atoms with van der Waals surface area (Å²) in [6.07, 6.45) is 1.25. The van der Waals surface area contributed by atoms with Crippen LogP contribution in [0, 0.1) is 0 Å². The Morgan fingerprint density at radius 1 is 0.238 bits per heavy atom. The van der Waals surface area contributed by atoms with Crippen LogP contribution in [0.3, 0.4) is 0 Å². The number of furan rings is 2. The molecule has 32 heteroatoms. The van der Waals surface area contributed by atoms with Crippen molar-refractivity contribution in [2.24, 2.45) is 0 Å². The Morgan fingerprint density at radius 2 is 0.560 bits per heavy atom. The van der Waals surface area contributed by atoms with Crippen LogP contribution >= 0.6 is 0 Å². The van der Waals surface area contributed by atoms with Crippen molar-refractivity contribution in [3.8, 4) is 66.9 Å². The van der Waals surface area contributed by atoms with Crippen LogP contribution in [0.15, 0.2) is 33.4 Å². The van der Waals surface area contributed by atoms with E-state index in [1.165, 1.54) is 6.33 Å². The summed E-state index contributed by atoms with van der Waals surface area (Å²) in [5.41, 5.74) is -1.70. The lowest BCUT2D eigenvalue weighted by Crippen LogP contribution is -2.57. The van der Waals surface area contributed by atoms with Gasteiger partial charge in [0.1, 0.15) is 254 Å². The summed E-state index contributed by atoms with van der Waals surface area (Å²) in [6, 6.07) is 5.00. The minimum atomic E-state index is -0.192. The maximum Gasteiger partial charge on any atom is 0.180 e. The average molecular weight is 991 g/mol. The number of fused-ring (bicyclic) bond motifs is 6. The Morgan fingerprint density at radius 3 is 1.01 bits per heavy atom. The van der Waals surface area contributed by atoms with Crippen LogP contribution in [0.5, 0.6) is 0 Å². The van der Waals surface area contributed by atoms with Crippen molar-refractivity contribution in [3.63, 3.8) is 0 Å². The molecule has 0 aliphatic carbocycles. The van der Waals surface area contributed by atoms with Crippen LogP contribution in [-0.4, -0.2) is 230 Å².